The van der Waals surface area contributed by atoms with Gasteiger partial charge in [0.25, 0.3) is 23.6 Å². The fourth-order valence-corrected chi connectivity index (χ4v) is 7.50. The molecule has 0 aromatic heterocycles. The molecule has 4 fully saturated rings. The smallest absolute Gasteiger partial charge is 0.323 e. The minimum atomic E-state index is -1.48. The van der Waals surface area contributed by atoms with E-state index in [0.29, 0.717) is 58.0 Å². The van der Waals surface area contributed by atoms with Gasteiger partial charge in [0.15, 0.2) is 23.9 Å². The molecule has 20 nitrogen and oxygen atoms in total. The van der Waals surface area contributed by atoms with Gasteiger partial charge in [-0.15, -0.1) is 0 Å². The number of benzene rings is 1. The van der Waals surface area contributed by atoms with Gasteiger partial charge in [0, 0.05) is 59.0 Å². The number of Topliss-reactive ketones (excluding diaryl/α,β-unsaturated/α-hetero) is 3. The van der Waals surface area contributed by atoms with Gasteiger partial charge in [-0.1, -0.05) is 12.1 Å². The molecule has 5 amide bonds. The molecule has 20 heteroatoms. The quantitative estimate of drug-likeness (QED) is 0.0454. The van der Waals surface area contributed by atoms with E-state index in [-0.39, 0.29) is 58.9 Å². The van der Waals surface area contributed by atoms with Gasteiger partial charge in [-0.25, -0.2) is 0 Å². The molecule has 4 aliphatic heterocycles. The Labute approximate surface area is 335 Å². The average molecular weight is 814 g/mol. The first-order valence-electron chi connectivity index (χ1n) is 19.4. The summed E-state index contributed by atoms with van der Waals surface area (Å²) in [4.78, 5) is 122. The summed E-state index contributed by atoms with van der Waals surface area (Å²) in [7, 11) is 1.25. The monoisotopic (exact) mass is 813 g/mol. The Morgan fingerprint density at radius 3 is 1.69 bits per heavy atom. The Bertz CT molecular complexity index is 1650. The number of esters is 1. The maximum absolute atomic E-state index is 13.5. The number of imide groups is 2. The van der Waals surface area contributed by atoms with Crippen LogP contribution < -0.4 is 20.7 Å². The van der Waals surface area contributed by atoms with E-state index < -0.39 is 77.0 Å². The van der Waals surface area contributed by atoms with Crippen LogP contribution in [-0.4, -0.2) is 196 Å². The largest absolute Gasteiger partial charge is 0.491 e. The van der Waals surface area contributed by atoms with Crippen molar-refractivity contribution in [3.63, 3.8) is 0 Å². The zero-order valence-electron chi connectivity index (χ0n) is 32.7. The first kappa shape index (κ1) is 44.1. The van der Waals surface area contributed by atoms with Crippen molar-refractivity contribution in [2.24, 2.45) is 0 Å². The molecule has 1 aromatic carbocycles. The maximum Gasteiger partial charge on any atom is 0.323 e. The number of amides is 5. The number of hydrogen-bond acceptors (Lipinski definition) is 17. The highest BCUT2D eigenvalue weighted by Gasteiger charge is 2.47. The molecule has 316 valence electrons. The number of carbonyl (C=O) groups is 9. The Morgan fingerprint density at radius 1 is 0.690 bits per heavy atom. The van der Waals surface area contributed by atoms with Crippen LogP contribution in [0.2, 0.25) is 0 Å². The number of methoxy groups -OCH3 is 1. The molecular formula is C38H51N7O13. The summed E-state index contributed by atoms with van der Waals surface area (Å²) >= 11 is 0. The van der Waals surface area contributed by atoms with Crippen molar-refractivity contribution in [1.82, 2.24) is 35.6 Å². The maximum atomic E-state index is 13.5. The van der Waals surface area contributed by atoms with Crippen LogP contribution in [0.25, 0.3) is 0 Å². The molecule has 4 atom stereocenters. The molecule has 0 radical (unpaired) electrons. The third-order valence-electron chi connectivity index (χ3n) is 10.6. The molecule has 4 saturated heterocycles. The van der Waals surface area contributed by atoms with E-state index in [1.54, 1.807) is 4.90 Å². The number of aryl methyl sites for hydroxylation is 1. The molecule has 1 aromatic rings. The number of carbonyl (C=O) groups excluding carboxylic acids is 9. The van der Waals surface area contributed by atoms with Crippen molar-refractivity contribution in [3.8, 4) is 5.75 Å². The second-order valence-corrected chi connectivity index (χ2v) is 14.1. The molecule has 3 unspecified atom stereocenters. The van der Waals surface area contributed by atoms with E-state index in [1.165, 1.54) is 21.8 Å². The lowest BCUT2D eigenvalue weighted by atomic mass is 10.0. The van der Waals surface area contributed by atoms with E-state index in [2.05, 4.69) is 5.32 Å². The molecule has 4 aliphatic rings. The molecule has 0 aliphatic carbocycles. The van der Waals surface area contributed by atoms with E-state index in [4.69, 9.17) is 18.9 Å². The van der Waals surface area contributed by atoms with Crippen molar-refractivity contribution in [1.29, 1.82) is 0 Å². The molecule has 4 heterocycles. The fraction of sp³-hybridized carbons (Fsp3) is 0.605. The standard InChI is InChI=1S/C38H51N7O13/c1-3-56-19-20-57-21-22-58-25-9-7-24(8-10-25)5-4-6-26(38(54)55-2)42-11-13-44(29-31(47)36(52)40-34(29)50)17-15-43(28-27(46)23-39-33(28)49)16-18-45(14-12-42)30-32(48)37(53)41-35(30)51/h7-10,26,28-30H,3-6,11-23H2,1-2H3,(H,39,49)(H,40,50,52)(H,41,51,53)/t26-,28?,29?,30?/m0/s1. The van der Waals surface area contributed by atoms with Crippen LogP contribution in [0, 0.1) is 0 Å². The summed E-state index contributed by atoms with van der Waals surface area (Å²) < 4.78 is 21.7. The highest BCUT2D eigenvalue weighted by molar-refractivity contribution is 6.50. The third-order valence-corrected chi connectivity index (χ3v) is 10.6. The van der Waals surface area contributed by atoms with Crippen molar-refractivity contribution in [2.45, 2.75) is 50.4 Å². The number of rotatable bonds is 17. The predicted molar refractivity (Wildman–Crippen MR) is 200 cm³/mol. The zero-order chi connectivity index (χ0) is 41.8. The van der Waals surface area contributed by atoms with Crippen LogP contribution in [0.15, 0.2) is 24.3 Å². The van der Waals surface area contributed by atoms with Crippen LogP contribution in [0.5, 0.6) is 5.75 Å². The number of hydrogen-bond donors (Lipinski definition) is 3. The predicted octanol–water partition coefficient (Wildman–Crippen LogP) is -3.54. The van der Waals surface area contributed by atoms with Gasteiger partial charge in [-0.05, 0) is 43.9 Å². The van der Waals surface area contributed by atoms with Crippen LogP contribution in [0.4, 0.5) is 0 Å². The van der Waals surface area contributed by atoms with E-state index in [0.717, 1.165) is 5.56 Å². The molecule has 0 bridgehead atoms. The molecule has 5 rings (SSSR count). The second kappa shape index (κ2) is 21.1. The summed E-state index contributed by atoms with van der Waals surface area (Å²) in [6.45, 7) is 3.97. The molecular weight excluding hydrogens is 762 g/mol. The van der Waals surface area contributed by atoms with Crippen LogP contribution in [0.1, 0.15) is 25.3 Å². The minimum absolute atomic E-state index is 0.0242. The first-order chi connectivity index (χ1) is 27.9. The Morgan fingerprint density at radius 2 is 1.21 bits per heavy atom. The fourth-order valence-electron chi connectivity index (χ4n) is 7.50. The number of ketones is 3. The second-order valence-electron chi connectivity index (χ2n) is 14.1. The molecule has 0 spiro atoms. The van der Waals surface area contributed by atoms with E-state index >= 15 is 0 Å². The summed E-state index contributed by atoms with van der Waals surface area (Å²) in [5, 5.41) is 6.61. The Kier molecular flexibility index (Phi) is 16.1. The van der Waals surface area contributed by atoms with Crippen molar-refractivity contribution >= 4 is 52.9 Å². The highest BCUT2D eigenvalue weighted by atomic mass is 16.5. The molecule has 3 N–H and O–H groups in total. The van der Waals surface area contributed by atoms with Crippen LogP contribution in [-0.2, 0) is 63.8 Å². The van der Waals surface area contributed by atoms with Gasteiger partial charge >= 0.3 is 5.97 Å². The lowest BCUT2D eigenvalue weighted by molar-refractivity contribution is -0.148. The molecule has 58 heavy (non-hydrogen) atoms. The van der Waals surface area contributed by atoms with Crippen LogP contribution in [0.3, 0.4) is 0 Å². The lowest BCUT2D eigenvalue weighted by Gasteiger charge is -2.38. The topological polar surface area (TPSA) is 240 Å². The van der Waals surface area contributed by atoms with Gasteiger partial charge in [-0.2, -0.15) is 0 Å². The Hall–Kier alpha value is -4.99. The van der Waals surface area contributed by atoms with Gasteiger partial charge < -0.3 is 24.3 Å². The number of nitrogens with zero attached hydrogens (tertiary/aromatic N) is 4. The van der Waals surface area contributed by atoms with Crippen molar-refractivity contribution in [2.75, 3.05) is 99.0 Å². The van der Waals surface area contributed by atoms with Crippen LogP contribution >= 0.6 is 0 Å². The molecule has 0 saturated carbocycles. The Balaban J connectivity index is 1.34. The summed E-state index contributed by atoms with van der Waals surface area (Å²) in [5.74, 6) is -6.54. The van der Waals surface area contributed by atoms with Crippen molar-refractivity contribution < 1.29 is 62.1 Å². The zero-order valence-corrected chi connectivity index (χ0v) is 32.7. The van der Waals surface area contributed by atoms with E-state index in [1.807, 2.05) is 41.8 Å². The third kappa shape index (κ3) is 11.1. The van der Waals surface area contributed by atoms with Gasteiger partial charge in [0.1, 0.15) is 18.4 Å². The number of nitrogens with one attached hydrogen (secondary N) is 3. The summed E-state index contributed by atoms with van der Waals surface area (Å²) in [6.07, 6.45) is 1.42. The minimum Gasteiger partial charge on any atom is -0.491 e. The van der Waals surface area contributed by atoms with Crippen molar-refractivity contribution in [3.05, 3.63) is 29.8 Å². The normalized spacial score (nSPS) is 24.0. The van der Waals surface area contributed by atoms with E-state index in [9.17, 15) is 43.2 Å². The first-order valence-corrected chi connectivity index (χ1v) is 19.4. The van der Waals surface area contributed by atoms with Gasteiger partial charge in [-0.3, -0.25) is 73.4 Å². The highest BCUT2D eigenvalue weighted by Crippen LogP contribution is 2.20. The summed E-state index contributed by atoms with van der Waals surface area (Å²) in [6, 6.07) is 2.49. The average Bonchev–Trinajstić information content (AvgIpc) is 3.77. The number of ether oxygens (including phenoxy) is 4. The van der Waals surface area contributed by atoms with Gasteiger partial charge in [0.2, 0.25) is 17.5 Å². The van der Waals surface area contributed by atoms with Gasteiger partial charge in [0.05, 0.1) is 33.5 Å². The lowest BCUT2D eigenvalue weighted by Crippen LogP contribution is -2.57. The summed E-state index contributed by atoms with van der Waals surface area (Å²) in [5.41, 5.74) is 0.986. The SMILES string of the molecule is CCOCCOCCOc1ccc(CCC[C@@H](C(=O)OC)N2CCN(C3C(=O)NC(=O)C3=O)CCN(C3C(=O)CNC3=O)CCN(C3C(=O)NC(=O)C3=O)CC2)cc1.